The Balaban J connectivity index is 1.34. The lowest BCUT2D eigenvalue weighted by molar-refractivity contribution is -0.277. The molecule has 0 aliphatic carbocycles. The van der Waals surface area contributed by atoms with Gasteiger partial charge in [-0.05, 0) is 108 Å². The summed E-state index contributed by atoms with van der Waals surface area (Å²) in [4.78, 5) is 114. The number of nitrogens with two attached hydrogens (primary N) is 1. The van der Waals surface area contributed by atoms with Crippen LogP contribution in [0.15, 0.2) is 103 Å². The fourth-order valence-electron chi connectivity index (χ4n) is 10.0. The molecule has 0 aromatic heterocycles. The van der Waals surface area contributed by atoms with Crippen molar-refractivity contribution < 1.29 is 108 Å². The van der Waals surface area contributed by atoms with Crippen molar-refractivity contribution in [1.29, 1.82) is 0 Å². The molecule has 1 fully saturated rings. The van der Waals surface area contributed by atoms with Crippen LogP contribution in [0.3, 0.4) is 0 Å². The van der Waals surface area contributed by atoms with Gasteiger partial charge in [-0.15, -0.1) is 0 Å². The first-order chi connectivity index (χ1) is 42.2. The number of phenolic OH excluding ortho intramolecular Hbond substituents is 3. The number of rotatable bonds is 15. The van der Waals surface area contributed by atoms with Gasteiger partial charge in [0.1, 0.15) is 95.6 Å². The number of aliphatic hydroxyl groups is 6. The molecule has 5 heterocycles. The SMILES string of the molecule is CN[C@H](CC(C)C)C(=O)N[C@H]1C(=O)N[C@@H](CC(N)=O)C(=O)N[C@H]2C(=O)N[C@H](c3ccc(O)cc3)C(=O)N[C@H](C(=O)N[C@H](C(=O)O)c3cc(O)cc(O)c3)[C@H](O)c3ccc(cc3)Oc3cc2cc(c3O[C@@H]2O[C@H](CO)[C@@H](O)[C@H](O)[C@H]2O)Oc2ccc(cc2)[C@@H]1O. The van der Waals surface area contributed by atoms with E-state index in [-0.39, 0.29) is 57.4 Å². The van der Waals surface area contributed by atoms with Crippen LogP contribution in [-0.4, -0.2) is 167 Å². The fraction of sp³-hybridized carbons (Fsp3) is 0.356. The Labute approximate surface area is 505 Å². The summed E-state index contributed by atoms with van der Waals surface area (Å²) in [6, 6.07) is 5.96. The molecule has 5 aliphatic rings. The first kappa shape index (κ1) is 65.3. The summed E-state index contributed by atoms with van der Waals surface area (Å²) in [5, 5.41) is 125. The van der Waals surface area contributed by atoms with Crippen molar-refractivity contribution in [3.8, 4) is 46.0 Å². The van der Waals surface area contributed by atoms with Crippen LogP contribution in [0.5, 0.6) is 46.0 Å². The molecule has 0 saturated carbocycles. The summed E-state index contributed by atoms with van der Waals surface area (Å²) < 4.78 is 24.8. The van der Waals surface area contributed by atoms with Crippen LogP contribution >= 0.6 is 0 Å². The Kier molecular flexibility index (Phi) is 20.6. The predicted octanol–water partition coefficient (Wildman–Crippen LogP) is -1.42. The second kappa shape index (κ2) is 28.0. The quantitative estimate of drug-likeness (QED) is 0.0572. The monoisotopic (exact) mass is 1240 g/mol. The molecule has 0 radical (unpaired) electrons. The van der Waals surface area contributed by atoms with E-state index in [9.17, 15) is 79.8 Å². The van der Waals surface area contributed by atoms with E-state index in [1.54, 1.807) is 0 Å². The lowest BCUT2D eigenvalue weighted by Gasteiger charge is -2.39. The first-order valence-corrected chi connectivity index (χ1v) is 27.6. The number of ether oxygens (including phenoxy) is 4. The highest BCUT2D eigenvalue weighted by atomic mass is 16.7. The van der Waals surface area contributed by atoms with Crippen molar-refractivity contribution in [3.63, 3.8) is 0 Å². The first-order valence-electron chi connectivity index (χ1n) is 27.6. The Morgan fingerprint density at radius 1 is 0.640 bits per heavy atom. The smallest absolute Gasteiger partial charge is 0.330 e. The van der Waals surface area contributed by atoms with Crippen LogP contribution in [0, 0.1) is 5.92 Å². The van der Waals surface area contributed by atoms with Gasteiger partial charge in [-0.3, -0.25) is 33.6 Å². The molecule has 5 aromatic carbocycles. The molecule has 0 unspecified atom stereocenters. The molecule has 5 aromatic rings. The number of benzene rings is 5. The highest BCUT2D eigenvalue weighted by Crippen LogP contribution is 2.46. The molecular weight excluding hydrogens is 1170 g/mol. The molecule has 5 aliphatic heterocycles. The minimum atomic E-state index is -2.21. The molecule has 0 spiro atoms. The number of amides is 7. The van der Waals surface area contributed by atoms with E-state index in [2.05, 4.69) is 37.2 Å². The highest BCUT2D eigenvalue weighted by molar-refractivity contribution is 5.99. The summed E-state index contributed by atoms with van der Waals surface area (Å²) in [6.07, 6.45) is -14.3. The van der Waals surface area contributed by atoms with Crippen LogP contribution in [0.4, 0.5) is 0 Å². The maximum Gasteiger partial charge on any atom is 0.330 e. The topological polar surface area (TPSA) is 486 Å². The summed E-state index contributed by atoms with van der Waals surface area (Å²) in [5.41, 5.74) is 4.59. The van der Waals surface area contributed by atoms with Crippen molar-refractivity contribution in [1.82, 2.24) is 37.2 Å². The number of carboxylic acids is 1. The van der Waals surface area contributed by atoms with Gasteiger partial charge in [-0.1, -0.05) is 50.2 Å². The van der Waals surface area contributed by atoms with Gasteiger partial charge in [0.15, 0.2) is 17.5 Å². The van der Waals surface area contributed by atoms with E-state index in [0.717, 1.165) is 54.6 Å². The number of hydrogen-bond acceptors (Lipinski definition) is 22. The van der Waals surface area contributed by atoms with Gasteiger partial charge < -0.3 is 113 Å². The normalized spacial score (nSPS) is 25.4. The number of carbonyl (C=O) groups is 8. The number of carboxylic acid groups (broad SMARTS) is 1. The van der Waals surface area contributed by atoms with Crippen molar-refractivity contribution >= 4 is 47.3 Å². The molecule has 1 saturated heterocycles. The zero-order valence-corrected chi connectivity index (χ0v) is 47.5. The second-order valence-corrected chi connectivity index (χ2v) is 21.6. The summed E-state index contributed by atoms with van der Waals surface area (Å²) in [5.74, 6) is -13.8. The van der Waals surface area contributed by atoms with Crippen LogP contribution < -0.4 is 57.2 Å². The van der Waals surface area contributed by atoms with Crippen molar-refractivity contribution in [2.45, 2.75) is 112 Å². The number of likely N-dealkylation sites (N-methyl/N-ethyl adjacent to an activating group) is 1. The van der Waals surface area contributed by atoms with E-state index in [0.29, 0.717) is 0 Å². The van der Waals surface area contributed by atoms with Gasteiger partial charge in [-0.2, -0.15) is 0 Å². The van der Waals surface area contributed by atoms with Gasteiger partial charge in [0.05, 0.1) is 19.1 Å². The van der Waals surface area contributed by atoms with Crippen LogP contribution in [-0.2, 0) is 43.1 Å². The molecule has 474 valence electrons. The highest BCUT2D eigenvalue weighted by Gasteiger charge is 2.46. The Morgan fingerprint density at radius 2 is 1.18 bits per heavy atom. The second-order valence-electron chi connectivity index (χ2n) is 21.6. The van der Waals surface area contributed by atoms with Gasteiger partial charge in [0, 0.05) is 6.07 Å². The van der Waals surface area contributed by atoms with E-state index < -0.39 is 174 Å². The fourth-order valence-corrected chi connectivity index (χ4v) is 10.0. The molecule has 30 nitrogen and oxygen atoms in total. The third-order valence-corrected chi connectivity index (χ3v) is 14.7. The predicted molar refractivity (Wildman–Crippen MR) is 304 cm³/mol. The number of primary amides is 1. The molecule has 19 N–H and O–H groups in total. The summed E-state index contributed by atoms with van der Waals surface area (Å²) in [6.45, 7) is 2.76. The summed E-state index contributed by atoms with van der Waals surface area (Å²) >= 11 is 0. The molecule has 14 atom stereocenters. The Bertz CT molecular complexity index is 3420. The molecule has 7 bridgehead atoms. The van der Waals surface area contributed by atoms with E-state index in [1.807, 2.05) is 13.8 Å². The van der Waals surface area contributed by atoms with Crippen LogP contribution in [0.25, 0.3) is 0 Å². The van der Waals surface area contributed by atoms with E-state index in [1.165, 1.54) is 55.6 Å². The molecule has 7 amide bonds. The van der Waals surface area contributed by atoms with Gasteiger partial charge >= 0.3 is 5.97 Å². The average molecular weight is 1240 g/mol. The van der Waals surface area contributed by atoms with E-state index in [4.69, 9.17) is 24.7 Å². The lowest BCUT2D eigenvalue weighted by Crippen LogP contribution is -2.60. The average Bonchev–Trinajstić information content (AvgIpc) is 0.942. The number of aromatic hydroxyl groups is 3. The zero-order valence-electron chi connectivity index (χ0n) is 47.5. The minimum absolute atomic E-state index is 0.0159. The molecule has 30 heteroatoms. The zero-order chi connectivity index (χ0) is 64.7. The van der Waals surface area contributed by atoms with Gasteiger partial charge in [0.2, 0.25) is 53.4 Å². The largest absolute Gasteiger partial charge is 0.508 e. The maximum absolute atomic E-state index is 15.5. The number of aliphatic carboxylic acids is 1. The molecule has 10 rings (SSSR count). The Hall–Kier alpha value is -9.66. The van der Waals surface area contributed by atoms with E-state index >= 15 is 9.59 Å². The Morgan fingerprint density at radius 3 is 1.72 bits per heavy atom. The minimum Gasteiger partial charge on any atom is -0.508 e. The molecule has 89 heavy (non-hydrogen) atoms. The standard InChI is InChI=1S/C59H66N8O22/c1-24(2)16-35(61-3)52(78)66-44-46(73)26-6-12-33(13-7-26)86-37-19-29-20-38(51(37)89-59-50(77)49(76)48(75)39(23-68)88-59)87-34-14-8-27(9-15-34)47(74)45(57(83)65-43(58(84)85)28-17-31(70)21-32(71)18-28)67-54(80)41(25-4-10-30(69)11-5-25)64-55(81)42(29)63-53(79)36(22-40(60)72)62-56(44)82/h4-15,17-21,24,35-36,39,41-50,59,61,68-71,73-77H,16,22-23H2,1-3H3,(H2,60,72)(H,62,82)(H,63,79)(H,64,81)(H,65,83)(H,66,78)(H,67,80)(H,84,85)/t35-,36+,39-,41-,42-,43+,44-,45+,46+,47-,48-,49+,50-,59+/m1/s1. The number of fused-ring (bicyclic) bond motifs is 16. The number of nitrogens with one attached hydrogen (secondary N) is 7. The number of aliphatic hydroxyl groups excluding tert-OH is 6. The number of phenols is 3. The van der Waals surface area contributed by atoms with Crippen molar-refractivity contribution in [2.24, 2.45) is 11.7 Å². The third kappa shape index (κ3) is 15.4. The van der Waals surface area contributed by atoms with Crippen LogP contribution in [0.1, 0.15) is 84.8 Å². The number of hydrogen-bond donors (Lipinski definition) is 18. The van der Waals surface area contributed by atoms with Crippen molar-refractivity contribution in [3.05, 3.63) is 131 Å². The maximum atomic E-state index is 15.5. The van der Waals surface area contributed by atoms with Gasteiger partial charge in [0.25, 0.3) is 0 Å². The molecular formula is C59H66N8O22. The lowest BCUT2D eigenvalue weighted by atomic mass is 9.97. The van der Waals surface area contributed by atoms with Crippen molar-refractivity contribution in [2.75, 3.05) is 13.7 Å². The summed E-state index contributed by atoms with van der Waals surface area (Å²) in [7, 11) is 1.49. The third-order valence-electron chi connectivity index (χ3n) is 14.7. The number of carbonyl (C=O) groups excluding carboxylic acids is 7. The van der Waals surface area contributed by atoms with Gasteiger partial charge in [-0.25, -0.2) is 4.79 Å². The van der Waals surface area contributed by atoms with Crippen LogP contribution in [0.2, 0.25) is 0 Å².